The normalized spacial score (nSPS) is 44.9. The van der Waals surface area contributed by atoms with Crippen molar-refractivity contribution in [3.05, 3.63) is 85.1 Å². The van der Waals surface area contributed by atoms with Crippen LogP contribution >= 0.6 is 0 Å². The smallest absolute Gasteiger partial charge is 0.314 e. The summed E-state index contributed by atoms with van der Waals surface area (Å²) in [6, 6.07) is -1.17. The van der Waals surface area contributed by atoms with E-state index in [1.165, 1.54) is 13.0 Å². The van der Waals surface area contributed by atoms with E-state index in [0.29, 0.717) is 0 Å². The molecule has 0 aromatic rings. The largest absolute Gasteiger partial charge is 0.469 e. The van der Waals surface area contributed by atoms with Crippen molar-refractivity contribution in [2.24, 2.45) is 23.5 Å². The van der Waals surface area contributed by atoms with Gasteiger partial charge in [0.05, 0.1) is 80.6 Å². The van der Waals surface area contributed by atoms with Crippen molar-refractivity contribution in [3.63, 3.8) is 0 Å². The topological polar surface area (TPSA) is 329 Å². The molecule has 2 saturated heterocycles. The molecule has 0 aromatic heterocycles. The molecule has 0 saturated carbocycles. The van der Waals surface area contributed by atoms with E-state index in [0.717, 1.165) is 7.11 Å². The Kier molecular flexibility index (Phi) is 26.4. The first kappa shape index (κ1) is 60.6. The van der Waals surface area contributed by atoms with E-state index in [9.17, 15) is 65.8 Å². The van der Waals surface area contributed by atoms with Gasteiger partial charge in [0.2, 0.25) is 0 Å². The number of hydrogen-bond donors (Lipinski definition) is 12. The number of allylic oxidation sites excluding steroid dienone is 12. The lowest BCUT2D eigenvalue weighted by Gasteiger charge is -2.48. The van der Waals surface area contributed by atoms with E-state index in [4.69, 9.17) is 29.4 Å². The predicted octanol–water partition coefficient (Wildman–Crippen LogP) is 0.407. The van der Waals surface area contributed by atoms with Gasteiger partial charge in [-0.05, 0) is 33.1 Å². The number of fused-ring (bicyclic) bond motifs is 2. The first-order valence-corrected chi connectivity index (χ1v) is 22.8. The van der Waals surface area contributed by atoms with Crippen LogP contribution < -0.4 is 5.73 Å². The van der Waals surface area contributed by atoms with Gasteiger partial charge in [-0.3, -0.25) is 9.59 Å². The Hall–Kier alpha value is -3.48. The zero-order valence-corrected chi connectivity index (χ0v) is 38.9. The van der Waals surface area contributed by atoms with Crippen LogP contribution in [-0.2, 0) is 33.3 Å². The van der Waals surface area contributed by atoms with Crippen molar-refractivity contribution in [1.29, 1.82) is 0 Å². The molecule has 2 fully saturated rings. The number of aliphatic hydroxyl groups is 11. The Morgan fingerprint density at radius 2 is 1.24 bits per heavy atom. The number of carbonyl (C=O) groups is 2. The molecule has 0 spiro atoms. The molecule has 20 unspecified atom stereocenters. The Morgan fingerprint density at radius 3 is 1.81 bits per heavy atom. The minimum atomic E-state index is -2.76. The van der Waals surface area contributed by atoms with Crippen LogP contribution in [0.4, 0.5) is 0 Å². The third-order valence-electron chi connectivity index (χ3n) is 12.4. The van der Waals surface area contributed by atoms with Gasteiger partial charge < -0.3 is 85.6 Å². The minimum absolute atomic E-state index is 0. The fraction of sp³-hybridized carbons (Fsp3) is 0.673. The standard InChI is InChI=1S/C48H75NO18.CH4/c1-27-18-16-14-12-10-8-6-7-9-11-13-15-17-19-34(66-47-44(59)40(49)42(57)30(4)65-47)25-37-39(46(61)63-5)43(58)45(60)48(62,67-37)26-33(52)23-36(54)35(53)21-20-31(50)22-32(51)24-38(55)64-29(3)28(2)41(27)56;/h6-19,27-37,39-45,47,50-54,56-60,62H,20-26,49H2,1-5H3;1H4/b7-6+,10-8+,11-9+,14-12+,15-13+,18-16+,19-17+;. The molecule has 20 atom stereocenters. The Morgan fingerprint density at radius 1 is 0.676 bits per heavy atom. The fourth-order valence-electron chi connectivity index (χ4n) is 8.06. The van der Waals surface area contributed by atoms with Crippen LogP contribution in [0.2, 0.25) is 0 Å². The van der Waals surface area contributed by atoms with Gasteiger partial charge >= 0.3 is 11.9 Å². The number of hydrogen-bond acceptors (Lipinski definition) is 19. The summed E-state index contributed by atoms with van der Waals surface area (Å²) in [4.78, 5) is 25.7. The van der Waals surface area contributed by atoms with Gasteiger partial charge in [0.15, 0.2) is 12.1 Å². The van der Waals surface area contributed by atoms with Crippen molar-refractivity contribution in [2.75, 3.05) is 7.11 Å². The average Bonchev–Trinajstić information content (AvgIpc) is 3.27. The number of cyclic esters (lactones) is 1. The number of carbonyl (C=O) groups excluding carboxylic acids is 2. The first-order chi connectivity index (χ1) is 31.6. The van der Waals surface area contributed by atoms with Crippen molar-refractivity contribution in [1.82, 2.24) is 0 Å². The molecule has 0 amide bonds. The fourth-order valence-corrected chi connectivity index (χ4v) is 8.06. The quantitative estimate of drug-likeness (QED) is 0.170. The Bertz CT molecular complexity index is 1720. The molecule has 19 heteroatoms. The molecule has 2 bridgehead atoms. The van der Waals surface area contributed by atoms with Crippen molar-refractivity contribution < 1.29 is 89.4 Å². The number of rotatable bonds is 3. The molecule has 3 rings (SSSR count). The summed E-state index contributed by atoms with van der Waals surface area (Å²) in [7, 11) is 1.04. The molecule has 3 aliphatic rings. The number of esters is 2. The molecular weight excluding hydrogens is 891 g/mol. The molecule has 0 aromatic carbocycles. The summed E-state index contributed by atoms with van der Waals surface area (Å²) in [6.45, 7) is 6.72. The number of ether oxygens (including phenoxy) is 5. The van der Waals surface area contributed by atoms with Crippen LogP contribution in [0.15, 0.2) is 85.1 Å². The second-order valence-electron chi connectivity index (χ2n) is 17.8. The molecule has 0 aliphatic carbocycles. The number of methoxy groups -OCH3 is 1. The van der Waals surface area contributed by atoms with E-state index in [2.05, 4.69) is 0 Å². The van der Waals surface area contributed by atoms with Gasteiger partial charge in [0.25, 0.3) is 0 Å². The molecule has 13 N–H and O–H groups in total. The zero-order valence-electron chi connectivity index (χ0n) is 38.9. The summed E-state index contributed by atoms with van der Waals surface area (Å²) >= 11 is 0. The highest BCUT2D eigenvalue weighted by atomic mass is 16.7. The minimum Gasteiger partial charge on any atom is -0.469 e. The van der Waals surface area contributed by atoms with Crippen LogP contribution in [0, 0.1) is 17.8 Å². The highest BCUT2D eigenvalue weighted by Crippen LogP contribution is 2.39. The second-order valence-corrected chi connectivity index (χ2v) is 17.8. The molecule has 388 valence electrons. The molecule has 0 radical (unpaired) electrons. The van der Waals surface area contributed by atoms with E-state index in [1.54, 1.807) is 86.8 Å². The monoisotopic (exact) mass is 970 g/mol. The first-order valence-electron chi connectivity index (χ1n) is 22.8. The maximum Gasteiger partial charge on any atom is 0.314 e. The number of aliphatic hydroxyl groups excluding tert-OH is 10. The number of nitrogens with two attached hydrogens (primary N) is 1. The maximum absolute atomic E-state index is 13.1. The highest BCUT2D eigenvalue weighted by molar-refractivity contribution is 5.74. The Balaban J connectivity index is 0.0000159. The highest BCUT2D eigenvalue weighted by Gasteiger charge is 2.57. The van der Waals surface area contributed by atoms with Gasteiger partial charge in [-0.1, -0.05) is 106 Å². The lowest BCUT2D eigenvalue weighted by Crippen LogP contribution is -2.65. The lowest BCUT2D eigenvalue weighted by atomic mass is 9.80. The Labute approximate surface area is 399 Å². The van der Waals surface area contributed by atoms with Crippen molar-refractivity contribution in [2.45, 2.75) is 184 Å². The van der Waals surface area contributed by atoms with Crippen LogP contribution in [-0.4, -0.2) is 179 Å². The summed E-state index contributed by atoms with van der Waals surface area (Å²) in [5.74, 6) is -6.90. The molecule has 68 heavy (non-hydrogen) atoms. The molecular formula is C49H79NO18. The lowest BCUT2D eigenvalue weighted by molar-refractivity contribution is -0.347. The van der Waals surface area contributed by atoms with Crippen LogP contribution in [0.1, 0.15) is 80.1 Å². The maximum atomic E-state index is 13.1. The molecule has 3 heterocycles. The third kappa shape index (κ3) is 18.7. The summed E-state index contributed by atoms with van der Waals surface area (Å²) in [5.41, 5.74) is 6.04. The average molecular weight is 970 g/mol. The van der Waals surface area contributed by atoms with Gasteiger partial charge in [0.1, 0.15) is 30.3 Å². The van der Waals surface area contributed by atoms with Crippen molar-refractivity contribution >= 4 is 11.9 Å². The third-order valence-corrected chi connectivity index (χ3v) is 12.4. The van der Waals surface area contributed by atoms with E-state index in [-0.39, 0.29) is 39.0 Å². The van der Waals surface area contributed by atoms with Gasteiger partial charge in [-0.15, -0.1) is 0 Å². The summed E-state index contributed by atoms with van der Waals surface area (Å²) in [5, 5.41) is 120. The second kappa shape index (κ2) is 29.6. The van der Waals surface area contributed by atoms with Crippen LogP contribution in [0.3, 0.4) is 0 Å². The van der Waals surface area contributed by atoms with E-state index < -0.39 is 147 Å². The van der Waals surface area contributed by atoms with Crippen LogP contribution in [0.5, 0.6) is 0 Å². The molecule has 19 nitrogen and oxygen atoms in total. The molecule has 3 aliphatic heterocycles. The SMILES string of the molecule is C.COC(=O)C1C2CC(OC3OC(C)C(O)C(N)C3O)/C=C/C=C/C=C/C=C/C=C/C=C/C=C/C(C)C(O)C(C)C(C)OC(=O)CC(O)CC(O)CCC(O)C(O)CC(O)CC(O)(O2)C(O)C1O. The zero-order chi connectivity index (χ0) is 50.0. The van der Waals surface area contributed by atoms with E-state index in [1.807, 2.05) is 13.0 Å². The summed E-state index contributed by atoms with van der Waals surface area (Å²) in [6.07, 6.45) is 0.534. The van der Waals surface area contributed by atoms with Gasteiger partial charge in [-0.25, -0.2) is 0 Å². The van der Waals surface area contributed by atoms with Gasteiger partial charge in [-0.2, -0.15) is 0 Å². The predicted molar refractivity (Wildman–Crippen MR) is 249 cm³/mol. The van der Waals surface area contributed by atoms with Gasteiger partial charge in [0, 0.05) is 31.1 Å². The van der Waals surface area contributed by atoms with Crippen molar-refractivity contribution in [3.8, 4) is 0 Å². The summed E-state index contributed by atoms with van der Waals surface area (Å²) < 4.78 is 28.1. The van der Waals surface area contributed by atoms with E-state index >= 15 is 0 Å². The van der Waals surface area contributed by atoms with Crippen LogP contribution in [0.25, 0.3) is 0 Å².